The lowest BCUT2D eigenvalue weighted by Crippen LogP contribution is -2.12. The van der Waals surface area contributed by atoms with Crippen molar-refractivity contribution in [2.75, 3.05) is 11.9 Å². The molecule has 3 nitrogen and oxygen atoms in total. The third-order valence-electron chi connectivity index (χ3n) is 2.77. The fourth-order valence-corrected chi connectivity index (χ4v) is 2.45. The number of ether oxygens (including phenoxy) is 1. The van der Waals surface area contributed by atoms with Crippen LogP contribution in [0.2, 0.25) is 5.02 Å². The van der Waals surface area contributed by atoms with Gasteiger partial charge in [0.25, 0.3) is 5.91 Å². The lowest BCUT2D eigenvalue weighted by Gasteiger charge is -2.10. The van der Waals surface area contributed by atoms with E-state index in [1.807, 2.05) is 25.1 Å². The molecule has 1 N–H and O–H groups in total. The lowest BCUT2D eigenvalue weighted by molar-refractivity contribution is 0.102. The summed E-state index contributed by atoms with van der Waals surface area (Å²) in [5.74, 6) is 0.429. The highest BCUT2D eigenvalue weighted by Crippen LogP contribution is 2.28. The SMILES string of the molecule is CCCOc1ccc(NC(=O)c2ccccc2Br)cc1Cl. The summed E-state index contributed by atoms with van der Waals surface area (Å²) in [6.45, 7) is 2.64. The van der Waals surface area contributed by atoms with Crippen molar-refractivity contribution in [2.45, 2.75) is 13.3 Å². The summed E-state index contributed by atoms with van der Waals surface area (Å²) in [5, 5.41) is 3.29. The van der Waals surface area contributed by atoms with Gasteiger partial charge in [-0.3, -0.25) is 4.79 Å². The van der Waals surface area contributed by atoms with Crippen molar-refractivity contribution in [1.82, 2.24) is 0 Å². The van der Waals surface area contributed by atoms with Gasteiger partial charge in [-0.05, 0) is 52.7 Å². The Morgan fingerprint density at radius 1 is 1.29 bits per heavy atom. The number of carbonyl (C=O) groups is 1. The van der Waals surface area contributed by atoms with E-state index >= 15 is 0 Å². The number of hydrogen-bond acceptors (Lipinski definition) is 2. The third-order valence-corrected chi connectivity index (χ3v) is 3.76. The minimum atomic E-state index is -0.194. The van der Waals surface area contributed by atoms with E-state index in [1.54, 1.807) is 24.3 Å². The predicted molar refractivity (Wildman–Crippen MR) is 89.3 cm³/mol. The molecule has 0 atom stereocenters. The Hall–Kier alpha value is -1.52. The quantitative estimate of drug-likeness (QED) is 0.793. The van der Waals surface area contributed by atoms with Gasteiger partial charge in [-0.1, -0.05) is 30.7 Å². The molecule has 2 rings (SSSR count). The molecule has 0 saturated heterocycles. The molecule has 0 fully saturated rings. The molecule has 1 amide bonds. The molecule has 0 bridgehead atoms. The van der Waals surface area contributed by atoms with Crippen LogP contribution in [0.25, 0.3) is 0 Å². The molecular formula is C16H15BrClNO2. The van der Waals surface area contributed by atoms with Crippen LogP contribution in [0.1, 0.15) is 23.7 Å². The van der Waals surface area contributed by atoms with Gasteiger partial charge in [-0.15, -0.1) is 0 Å². The largest absolute Gasteiger partial charge is 0.492 e. The molecule has 110 valence electrons. The lowest BCUT2D eigenvalue weighted by atomic mass is 10.2. The molecule has 0 aliphatic carbocycles. The van der Waals surface area contributed by atoms with Crippen LogP contribution in [0.5, 0.6) is 5.75 Å². The fraction of sp³-hybridized carbons (Fsp3) is 0.188. The van der Waals surface area contributed by atoms with Crippen LogP contribution in [-0.4, -0.2) is 12.5 Å². The van der Waals surface area contributed by atoms with Crippen molar-refractivity contribution >= 4 is 39.1 Å². The molecule has 0 aromatic heterocycles. The number of hydrogen-bond donors (Lipinski definition) is 1. The molecule has 0 aliphatic rings. The standard InChI is InChI=1S/C16H15BrClNO2/c1-2-9-21-15-8-7-11(10-14(15)18)19-16(20)12-5-3-4-6-13(12)17/h3-8,10H,2,9H2,1H3,(H,19,20). The van der Waals surface area contributed by atoms with Crippen molar-refractivity contribution in [2.24, 2.45) is 0 Å². The number of amides is 1. The zero-order chi connectivity index (χ0) is 15.2. The second-order valence-corrected chi connectivity index (χ2v) is 5.69. The van der Waals surface area contributed by atoms with Gasteiger partial charge < -0.3 is 10.1 Å². The summed E-state index contributed by atoms with van der Waals surface area (Å²) >= 11 is 9.50. The van der Waals surface area contributed by atoms with Gasteiger partial charge in [0.2, 0.25) is 0 Å². The van der Waals surface area contributed by atoms with Crippen LogP contribution in [0, 0.1) is 0 Å². The topological polar surface area (TPSA) is 38.3 Å². The van der Waals surface area contributed by atoms with E-state index in [0.29, 0.717) is 28.6 Å². The Balaban J connectivity index is 2.11. The number of anilines is 1. The van der Waals surface area contributed by atoms with Crippen molar-refractivity contribution in [3.8, 4) is 5.75 Å². The monoisotopic (exact) mass is 367 g/mol. The van der Waals surface area contributed by atoms with Gasteiger partial charge in [0.15, 0.2) is 0 Å². The second-order valence-electron chi connectivity index (χ2n) is 4.43. The Kier molecular flexibility index (Phi) is 5.65. The zero-order valence-electron chi connectivity index (χ0n) is 11.5. The molecule has 0 aliphatic heterocycles. The Morgan fingerprint density at radius 3 is 2.71 bits per heavy atom. The molecule has 2 aromatic carbocycles. The average molecular weight is 369 g/mol. The molecular weight excluding hydrogens is 354 g/mol. The summed E-state index contributed by atoms with van der Waals surface area (Å²) in [6.07, 6.45) is 0.914. The maximum absolute atomic E-state index is 12.2. The van der Waals surface area contributed by atoms with Crippen LogP contribution < -0.4 is 10.1 Å². The molecule has 0 saturated carbocycles. The molecule has 0 spiro atoms. The van der Waals surface area contributed by atoms with Crippen LogP contribution in [0.4, 0.5) is 5.69 Å². The smallest absolute Gasteiger partial charge is 0.256 e. The highest BCUT2D eigenvalue weighted by atomic mass is 79.9. The van der Waals surface area contributed by atoms with Gasteiger partial charge >= 0.3 is 0 Å². The Bertz CT molecular complexity index is 646. The summed E-state index contributed by atoms with van der Waals surface area (Å²) < 4.78 is 6.24. The van der Waals surface area contributed by atoms with Crippen molar-refractivity contribution < 1.29 is 9.53 Å². The predicted octanol–water partition coefficient (Wildman–Crippen LogP) is 5.14. The summed E-state index contributed by atoms with van der Waals surface area (Å²) in [7, 11) is 0. The molecule has 21 heavy (non-hydrogen) atoms. The number of rotatable bonds is 5. The molecule has 5 heteroatoms. The number of carbonyl (C=O) groups excluding carboxylic acids is 1. The zero-order valence-corrected chi connectivity index (χ0v) is 13.9. The number of benzene rings is 2. The molecule has 0 unspecified atom stereocenters. The summed E-state index contributed by atoms with van der Waals surface area (Å²) in [5.41, 5.74) is 1.20. The number of halogens is 2. The van der Waals surface area contributed by atoms with Crippen molar-refractivity contribution in [3.05, 3.63) is 57.5 Å². The van der Waals surface area contributed by atoms with Crippen LogP contribution >= 0.6 is 27.5 Å². The fourth-order valence-electron chi connectivity index (χ4n) is 1.75. The minimum Gasteiger partial charge on any atom is -0.492 e. The molecule has 0 radical (unpaired) electrons. The van der Waals surface area contributed by atoms with Gasteiger partial charge in [-0.25, -0.2) is 0 Å². The van der Waals surface area contributed by atoms with E-state index in [0.717, 1.165) is 10.9 Å². The second kappa shape index (κ2) is 7.48. The van der Waals surface area contributed by atoms with E-state index in [-0.39, 0.29) is 5.91 Å². The van der Waals surface area contributed by atoms with E-state index in [4.69, 9.17) is 16.3 Å². The van der Waals surface area contributed by atoms with Gasteiger partial charge in [0.1, 0.15) is 5.75 Å². The van der Waals surface area contributed by atoms with Crippen LogP contribution in [0.15, 0.2) is 46.9 Å². The van der Waals surface area contributed by atoms with E-state index < -0.39 is 0 Å². The normalized spacial score (nSPS) is 10.2. The Morgan fingerprint density at radius 2 is 2.05 bits per heavy atom. The van der Waals surface area contributed by atoms with Crippen LogP contribution in [-0.2, 0) is 0 Å². The van der Waals surface area contributed by atoms with E-state index in [1.165, 1.54) is 0 Å². The first-order chi connectivity index (χ1) is 10.1. The average Bonchev–Trinajstić information content (AvgIpc) is 2.47. The third kappa shape index (κ3) is 4.22. The first-order valence-corrected chi connectivity index (χ1v) is 7.77. The first kappa shape index (κ1) is 15.9. The maximum atomic E-state index is 12.2. The minimum absolute atomic E-state index is 0.194. The van der Waals surface area contributed by atoms with Crippen molar-refractivity contribution in [1.29, 1.82) is 0 Å². The summed E-state index contributed by atoms with van der Waals surface area (Å²) in [4.78, 5) is 12.2. The van der Waals surface area contributed by atoms with E-state index in [2.05, 4.69) is 21.2 Å². The van der Waals surface area contributed by atoms with Gasteiger partial charge in [0.05, 0.1) is 17.2 Å². The first-order valence-electron chi connectivity index (χ1n) is 6.60. The Labute approximate surface area is 137 Å². The van der Waals surface area contributed by atoms with Gasteiger partial charge in [0, 0.05) is 10.2 Å². The molecule has 0 heterocycles. The van der Waals surface area contributed by atoms with Gasteiger partial charge in [-0.2, -0.15) is 0 Å². The van der Waals surface area contributed by atoms with Crippen molar-refractivity contribution in [3.63, 3.8) is 0 Å². The molecule has 2 aromatic rings. The van der Waals surface area contributed by atoms with E-state index in [9.17, 15) is 4.79 Å². The maximum Gasteiger partial charge on any atom is 0.256 e. The highest BCUT2D eigenvalue weighted by molar-refractivity contribution is 9.10. The van der Waals surface area contributed by atoms with Crippen LogP contribution in [0.3, 0.4) is 0 Å². The highest BCUT2D eigenvalue weighted by Gasteiger charge is 2.10. The summed E-state index contributed by atoms with van der Waals surface area (Å²) in [6, 6.07) is 12.5. The number of nitrogens with one attached hydrogen (secondary N) is 1.